The summed E-state index contributed by atoms with van der Waals surface area (Å²) in [5, 5.41) is 7.58. The maximum atomic E-state index is 2.40. The van der Waals surface area contributed by atoms with Gasteiger partial charge in [-0.2, -0.15) is 0 Å². The smallest absolute Gasteiger partial charge is 0.0546 e. The van der Waals surface area contributed by atoms with Crippen molar-refractivity contribution in [1.82, 2.24) is 0 Å². The number of rotatable bonds is 5. The van der Waals surface area contributed by atoms with Crippen molar-refractivity contribution >= 4 is 49.4 Å². The Bertz CT molecular complexity index is 2120. The van der Waals surface area contributed by atoms with E-state index in [1.807, 2.05) is 0 Å². The molecule has 0 amide bonds. The van der Waals surface area contributed by atoms with Crippen molar-refractivity contribution in [3.05, 3.63) is 176 Å². The quantitative estimate of drug-likeness (QED) is 0.194. The van der Waals surface area contributed by atoms with E-state index in [0.717, 1.165) is 11.4 Å². The second-order valence-corrected chi connectivity index (χ2v) is 11.0. The van der Waals surface area contributed by atoms with E-state index in [1.54, 1.807) is 0 Å². The van der Waals surface area contributed by atoms with Gasteiger partial charge in [-0.3, -0.25) is 0 Å². The van der Waals surface area contributed by atoms with Gasteiger partial charge in [-0.25, -0.2) is 0 Å². The van der Waals surface area contributed by atoms with Gasteiger partial charge in [0.1, 0.15) is 0 Å². The summed E-state index contributed by atoms with van der Waals surface area (Å²) in [6.45, 7) is 0. The maximum Gasteiger partial charge on any atom is 0.0546 e. The first-order chi connectivity index (χ1) is 21.3. The van der Waals surface area contributed by atoms with Crippen LogP contribution in [0.1, 0.15) is 0 Å². The average molecular weight is 548 g/mol. The molecule has 0 atom stereocenters. The van der Waals surface area contributed by atoms with Gasteiger partial charge in [-0.1, -0.05) is 146 Å². The molecule has 43 heavy (non-hydrogen) atoms. The molecule has 0 aliphatic heterocycles. The zero-order chi connectivity index (χ0) is 28.6. The zero-order valence-corrected chi connectivity index (χ0v) is 23.7. The van der Waals surface area contributed by atoms with Gasteiger partial charge >= 0.3 is 0 Å². The fraction of sp³-hybridized carbons (Fsp3) is 0. The summed E-state index contributed by atoms with van der Waals surface area (Å²) in [6, 6.07) is 63.4. The largest absolute Gasteiger partial charge is 0.310 e. The standard InChI is InChI=1S/C42H29N/c1-3-11-30(12-4-1)32-21-25-36(26-22-32)43(37-27-23-33(24-28-37)31-13-5-2-6-14-31)41-29-35-20-19-34-15-7-8-16-38(34)42(35)40-18-10-9-17-39(40)41/h1-29H. The van der Waals surface area contributed by atoms with Crippen LogP contribution in [0, 0.1) is 0 Å². The molecule has 0 radical (unpaired) electrons. The van der Waals surface area contributed by atoms with Crippen LogP contribution in [0.3, 0.4) is 0 Å². The summed E-state index contributed by atoms with van der Waals surface area (Å²) in [7, 11) is 0. The summed E-state index contributed by atoms with van der Waals surface area (Å²) in [5.41, 5.74) is 8.26. The van der Waals surface area contributed by atoms with Crippen molar-refractivity contribution in [2.75, 3.05) is 4.90 Å². The Balaban J connectivity index is 1.35. The number of hydrogen-bond donors (Lipinski definition) is 0. The predicted molar refractivity (Wildman–Crippen MR) is 185 cm³/mol. The molecule has 0 saturated carbocycles. The highest BCUT2D eigenvalue weighted by Gasteiger charge is 2.18. The molecule has 0 saturated heterocycles. The molecule has 0 heterocycles. The molecule has 0 aromatic heterocycles. The minimum Gasteiger partial charge on any atom is -0.310 e. The van der Waals surface area contributed by atoms with Crippen molar-refractivity contribution in [1.29, 1.82) is 0 Å². The van der Waals surface area contributed by atoms with Crippen LogP contribution in [0.5, 0.6) is 0 Å². The molecule has 0 bridgehead atoms. The van der Waals surface area contributed by atoms with Gasteiger partial charge in [0.15, 0.2) is 0 Å². The topological polar surface area (TPSA) is 3.24 Å². The van der Waals surface area contributed by atoms with Crippen LogP contribution >= 0.6 is 0 Å². The average Bonchev–Trinajstić information content (AvgIpc) is 3.09. The molecule has 8 aromatic rings. The van der Waals surface area contributed by atoms with Crippen LogP contribution in [0.4, 0.5) is 17.1 Å². The minimum atomic E-state index is 1.12. The molecule has 0 spiro atoms. The van der Waals surface area contributed by atoms with E-state index >= 15 is 0 Å². The summed E-state index contributed by atoms with van der Waals surface area (Å²) < 4.78 is 0. The zero-order valence-electron chi connectivity index (χ0n) is 23.7. The number of anilines is 3. The predicted octanol–water partition coefficient (Wildman–Crippen LogP) is 11.9. The van der Waals surface area contributed by atoms with Gasteiger partial charge in [0, 0.05) is 16.8 Å². The molecule has 202 valence electrons. The molecular weight excluding hydrogens is 518 g/mol. The van der Waals surface area contributed by atoms with Crippen molar-refractivity contribution in [3.63, 3.8) is 0 Å². The van der Waals surface area contributed by atoms with Crippen LogP contribution in [0.15, 0.2) is 176 Å². The van der Waals surface area contributed by atoms with E-state index in [9.17, 15) is 0 Å². The Morgan fingerprint density at radius 2 is 0.744 bits per heavy atom. The number of hydrogen-bond acceptors (Lipinski definition) is 1. The molecule has 0 aliphatic carbocycles. The monoisotopic (exact) mass is 547 g/mol. The maximum absolute atomic E-state index is 2.40. The van der Waals surface area contributed by atoms with Crippen molar-refractivity contribution < 1.29 is 0 Å². The van der Waals surface area contributed by atoms with E-state index in [-0.39, 0.29) is 0 Å². The molecular formula is C42H29N. The first-order valence-electron chi connectivity index (χ1n) is 14.8. The molecule has 0 unspecified atom stereocenters. The summed E-state index contributed by atoms with van der Waals surface area (Å²) in [5.74, 6) is 0. The van der Waals surface area contributed by atoms with Gasteiger partial charge < -0.3 is 4.90 Å². The SMILES string of the molecule is c1ccc(-c2ccc(N(c3ccc(-c4ccccc4)cc3)c3cc4ccc5ccccc5c4c4ccccc34)cc2)cc1. The fourth-order valence-corrected chi connectivity index (χ4v) is 6.34. The highest BCUT2D eigenvalue weighted by molar-refractivity contribution is 6.23. The third-order valence-electron chi connectivity index (χ3n) is 8.43. The minimum absolute atomic E-state index is 1.12. The van der Waals surface area contributed by atoms with E-state index < -0.39 is 0 Å². The highest BCUT2D eigenvalue weighted by Crippen LogP contribution is 2.44. The first kappa shape index (κ1) is 25.1. The Morgan fingerprint density at radius 1 is 0.302 bits per heavy atom. The van der Waals surface area contributed by atoms with E-state index in [2.05, 4.69) is 181 Å². The van der Waals surface area contributed by atoms with E-state index in [0.29, 0.717) is 0 Å². The first-order valence-corrected chi connectivity index (χ1v) is 14.8. The summed E-state index contributed by atoms with van der Waals surface area (Å²) >= 11 is 0. The van der Waals surface area contributed by atoms with Gasteiger partial charge in [0.05, 0.1) is 5.69 Å². The van der Waals surface area contributed by atoms with Crippen LogP contribution in [0.25, 0.3) is 54.6 Å². The Morgan fingerprint density at radius 3 is 1.33 bits per heavy atom. The van der Waals surface area contributed by atoms with Crippen LogP contribution < -0.4 is 4.90 Å². The number of benzene rings is 8. The molecule has 8 rings (SSSR count). The third-order valence-corrected chi connectivity index (χ3v) is 8.43. The third kappa shape index (κ3) is 4.52. The molecule has 1 nitrogen and oxygen atoms in total. The molecule has 0 N–H and O–H groups in total. The van der Waals surface area contributed by atoms with Crippen molar-refractivity contribution in [2.24, 2.45) is 0 Å². The van der Waals surface area contributed by atoms with Gasteiger partial charge in [-0.05, 0) is 79.5 Å². The number of fused-ring (bicyclic) bond motifs is 5. The van der Waals surface area contributed by atoms with Gasteiger partial charge in [-0.15, -0.1) is 0 Å². The lowest BCUT2D eigenvalue weighted by Crippen LogP contribution is -2.10. The van der Waals surface area contributed by atoms with Crippen LogP contribution in [0.2, 0.25) is 0 Å². The Labute approximate surface area is 251 Å². The Hall–Kier alpha value is -5.66. The lowest BCUT2D eigenvalue weighted by Gasteiger charge is -2.28. The number of nitrogens with zero attached hydrogens (tertiary/aromatic N) is 1. The van der Waals surface area contributed by atoms with Crippen molar-refractivity contribution in [2.45, 2.75) is 0 Å². The summed E-state index contributed by atoms with van der Waals surface area (Å²) in [6.07, 6.45) is 0. The Kier molecular flexibility index (Phi) is 6.20. The van der Waals surface area contributed by atoms with Gasteiger partial charge in [0.25, 0.3) is 0 Å². The van der Waals surface area contributed by atoms with Gasteiger partial charge in [0.2, 0.25) is 0 Å². The lowest BCUT2D eigenvalue weighted by molar-refractivity contribution is 1.30. The molecule has 0 aliphatic rings. The molecule has 1 heteroatoms. The van der Waals surface area contributed by atoms with Crippen molar-refractivity contribution in [3.8, 4) is 22.3 Å². The lowest BCUT2D eigenvalue weighted by atomic mass is 9.94. The fourth-order valence-electron chi connectivity index (χ4n) is 6.34. The molecule has 8 aromatic carbocycles. The summed E-state index contributed by atoms with van der Waals surface area (Å²) in [4.78, 5) is 2.40. The molecule has 0 fully saturated rings. The van der Waals surface area contributed by atoms with E-state index in [1.165, 1.54) is 60.3 Å². The second kappa shape index (κ2) is 10.6. The normalized spacial score (nSPS) is 11.3. The highest BCUT2D eigenvalue weighted by atomic mass is 15.1. The van der Waals surface area contributed by atoms with Crippen LogP contribution in [-0.2, 0) is 0 Å². The van der Waals surface area contributed by atoms with Crippen LogP contribution in [-0.4, -0.2) is 0 Å². The van der Waals surface area contributed by atoms with E-state index in [4.69, 9.17) is 0 Å². The second-order valence-electron chi connectivity index (χ2n) is 11.0.